The maximum atomic E-state index is 12.0. The van der Waals surface area contributed by atoms with Crippen LogP contribution in [0.2, 0.25) is 0 Å². The third-order valence-electron chi connectivity index (χ3n) is 2.51. The average Bonchev–Trinajstić information content (AvgIpc) is 2.27. The van der Waals surface area contributed by atoms with Crippen molar-refractivity contribution in [3.63, 3.8) is 0 Å². The monoisotopic (exact) mass is 275 g/mol. The molecule has 1 aromatic carbocycles. The molecule has 0 aliphatic heterocycles. The van der Waals surface area contributed by atoms with Gasteiger partial charge in [0, 0.05) is 0 Å². The van der Waals surface area contributed by atoms with Gasteiger partial charge in [-0.1, -0.05) is 12.1 Å². The van der Waals surface area contributed by atoms with Gasteiger partial charge in [0.15, 0.2) is 0 Å². The molecule has 0 radical (unpaired) electrons. The molecule has 0 bridgehead atoms. The minimum atomic E-state index is -4.54. The van der Waals surface area contributed by atoms with Gasteiger partial charge in [-0.25, -0.2) is 4.79 Å². The minimum absolute atomic E-state index is 0.239. The van der Waals surface area contributed by atoms with Crippen molar-refractivity contribution in [2.75, 3.05) is 6.54 Å². The molecule has 1 rings (SSSR count). The molecule has 0 atom stereocenters. The lowest BCUT2D eigenvalue weighted by Crippen LogP contribution is -2.35. The van der Waals surface area contributed by atoms with Crippen LogP contribution >= 0.6 is 0 Å². The second-order valence-corrected chi connectivity index (χ2v) is 4.05. The number of halogens is 3. The smallest absolute Gasteiger partial charge is 0.405 e. The van der Waals surface area contributed by atoms with Crippen LogP contribution in [0.25, 0.3) is 0 Å². The molecule has 19 heavy (non-hydrogen) atoms. The fourth-order valence-electron chi connectivity index (χ4n) is 1.65. The van der Waals surface area contributed by atoms with E-state index in [1.807, 2.05) is 0 Å². The first-order valence-electron chi connectivity index (χ1n) is 5.32. The number of aromatic carboxylic acids is 1. The largest absolute Gasteiger partial charge is 0.478 e. The Morgan fingerprint density at radius 3 is 2.05 bits per heavy atom. The van der Waals surface area contributed by atoms with Crippen LogP contribution in [-0.2, 0) is 0 Å². The Balaban J connectivity index is 3.15. The van der Waals surface area contributed by atoms with Gasteiger partial charge in [0.1, 0.15) is 6.54 Å². The molecular weight excluding hydrogens is 263 g/mol. The summed E-state index contributed by atoms with van der Waals surface area (Å²) in [5.41, 5.74) is 0.106. The standard InChI is InChI=1S/C12H12F3NO3/c1-6-3-4-7(2)9(11(18)19)8(6)10(17)16-5-12(13,14)15/h3-4H,5H2,1-2H3,(H,16,17)(H,18,19). The van der Waals surface area contributed by atoms with Gasteiger partial charge in [-0.2, -0.15) is 13.2 Å². The van der Waals surface area contributed by atoms with Gasteiger partial charge >= 0.3 is 12.1 Å². The quantitative estimate of drug-likeness (QED) is 0.889. The molecule has 1 aromatic rings. The van der Waals surface area contributed by atoms with Crippen molar-refractivity contribution in [2.45, 2.75) is 20.0 Å². The topological polar surface area (TPSA) is 66.4 Å². The summed E-state index contributed by atoms with van der Waals surface area (Å²) in [6.45, 7) is 1.44. The third-order valence-corrected chi connectivity index (χ3v) is 2.51. The van der Waals surface area contributed by atoms with Crippen molar-refractivity contribution in [1.82, 2.24) is 5.32 Å². The van der Waals surface area contributed by atoms with Crippen LogP contribution in [0.15, 0.2) is 12.1 Å². The number of rotatable bonds is 3. The number of hydrogen-bond acceptors (Lipinski definition) is 2. The van der Waals surface area contributed by atoms with E-state index in [1.165, 1.54) is 26.0 Å². The molecule has 4 nitrogen and oxygen atoms in total. The number of carboxylic acid groups (broad SMARTS) is 1. The van der Waals surface area contributed by atoms with Crippen molar-refractivity contribution in [3.8, 4) is 0 Å². The lowest BCUT2D eigenvalue weighted by atomic mass is 9.96. The Bertz CT molecular complexity index is 524. The van der Waals surface area contributed by atoms with Crippen LogP contribution < -0.4 is 5.32 Å². The summed E-state index contributed by atoms with van der Waals surface area (Å²) in [5, 5.41) is 10.7. The summed E-state index contributed by atoms with van der Waals surface area (Å²) in [5.74, 6) is -2.39. The minimum Gasteiger partial charge on any atom is -0.478 e. The Hall–Kier alpha value is -2.05. The highest BCUT2D eigenvalue weighted by Gasteiger charge is 2.29. The second kappa shape index (κ2) is 5.29. The molecule has 0 aliphatic carbocycles. The molecule has 104 valence electrons. The summed E-state index contributed by atoms with van der Waals surface area (Å²) in [6.07, 6.45) is -4.54. The molecule has 0 spiro atoms. The highest BCUT2D eigenvalue weighted by molar-refractivity contribution is 6.06. The first kappa shape index (κ1) is 15.0. The summed E-state index contributed by atoms with van der Waals surface area (Å²) in [7, 11) is 0. The lowest BCUT2D eigenvalue weighted by Gasteiger charge is -2.13. The zero-order valence-electron chi connectivity index (χ0n) is 10.3. The number of carboxylic acids is 1. The molecule has 0 unspecified atom stereocenters. The molecule has 0 fully saturated rings. The summed E-state index contributed by atoms with van der Waals surface area (Å²) >= 11 is 0. The zero-order valence-corrected chi connectivity index (χ0v) is 10.3. The lowest BCUT2D eigenvalue weighted by molar-refractivity contribution is -0.123. The first-order valence-corrected chi connectivity index (χ1v) is 5.32. The van der Waals surface area contributed by atoms with Crippen LogP contribution in [0.5, 0.6) is 0 Å². The van der Waals surface area contributed by atoms with Crippen molar-refractivity contribution >= 4 is 11.9 Å². The van der Waals surface area contributed by atoms with Gasteiger partial charge < -0.3 is 10.4 Å². The number of amides is 1. The van der Waals surface area contributed by atoms with Gasteiger partial charge in [-0.05, 0) is 25.0 Å². The molecule has 2 N–H and O–H groups in total. The molecule has 0 aromatic heterocycles. The van der Waals surface area contributed by atoms with Crippen LogP contribution in [0, 0.1) is 13.8 Å². The molecule has 7 heteroatoms. The van der Waals surface area contributed by atoms with E-state index in [1.54, 1.807) is 5.32 Å². The van der Waals surface area contributed by atoms with E-state index >= 15 is 0 Å². The van der Waals surface area contributed by atoms with E-state index < -0.39 is 24.6 Å². The zero-order chi connectivity index (χ0) is 14.8. The van der Waals surface area contributed by atoms with Crippen molar-refractivity contribution < 1.29 is 27.9 Å². The van der Waals surface area contributed by atoms with Gasteiger partial charge in [-0.3, -0.25) is 4.79 Å². The molecule has 0 aliphatic rings. The van der Waals surface area contributed by atoms with Gasteiger partial charge in [0.25, 0.3) is 5.91 Å². The van der Waals surface area contributed by atoms with Crippen LogP contribution in [0.3, 0.4) is 0 Å². The number of hydrogen-bond donors (Lipinski definition) is 2. The Morgan fingerprint density at radius 1 is 1.16 bits per heavy atom. The normalized spacial score (nSPS) is 11.2. The van der Waals surface area contributed by atoms with Crippen molar-refractivity contribution in [1.29, 1.82) is 0 Å². The predicted octanol–water partition coefficient (Wildman–Crippen LogP) is 2.29. The fourth-order valence-corrected chi connectivity index (χ4v) is 1.65. The van der Waals surface area contributed by atoms with Crippen LogP contribution in [0.1, 0.15) is 31.8 Å². The maximum absolute atomic E-state index is 12.0. The van der Waals surface area contributed by atoms with Gasteiger partial charge in [0.05, 0.1) is 11.1 Å². The summed E-state index contributed by atoms with van der Waals surface area (Å²) < 4.78 is 36.1. The second-order valence-electron chi connectivity index (χ2n) is 4.05. The molecule has 0 saturated carbocycles. The van der Waals surface area contributed by atoms with Crippen LogP contribution in [0.4, 0.5) is 13.2 Å². The van der Waals surface area contributed by atoms with Gasteiger partial charge in [0.2, 0.25) is 0 Å². The number of aryl methyl sites for hydroxylation is 2. The summed E-state index contributed by atoms with van der Waals surface area (Å²) in [6, 6.07) is 2.99. The average molecular weight is 275 g/mol. The van der Waals surface area contributed by atoms with E-state index in [4.69, 9.17) is 5.11 Å². The number of nitrogens with one attached hydrogen (secondary N) is 1. The molecule has 1 amide bonds. The first-order chi connectivity index (χ1) is 8.63. The molecular formula is C12H12F3NO3. The van der Waals surface area contributed by atoms with Crippen molar-refractivity contribution in [3.05, 3.63) is 34.4 Å². The van der Waals surface area contributed by atoms with Crippen LogP contribution in [-0.4, -0.2) is 29.7 Å². The van der Waals surface area contributed by atoms with E-state index in [9.17, 15) is 22.8 Å². The highest BCUT2D eigenvalue weighted by atomic mass is 19.4. The number of carbonyl (C=O) groups excluding carboxylic acids is 1. The third kappa shape index (κ3) is 3.70. The number of alkyl halides is 3. The van der Waals surface area contributed by atoms with E-state index in [0.717, 1.165) is 0 Å². The van der Waals surface area contributed by atoms with Crippen molar-refractivity contribution in [2.24, 2.45) is 0 Å². The SMILES string of the molecule is Cc1ccc(C)c(C(=O)NCC(F)(F)F)c1C(=O)O. The summed E-state index contributed by atoms with van der Waals surface area (Å²) in [4.78, 5) is 22.8. The van der Waals surface area contributed by atoms with Gasteiger partial charge in [-0.15, -0.1) is 0 Å². The molecule has 0 saturated heterocycles. The predicted molar refractivity (Wildman–Crippen MR) is 61.3 cm³/mol. The molecule has 0 heterocycles. The highest BCUT2D eigenvalue weighted by Crippen LogP contribution is 2.19. The Labute approximate surface area is 107 Å². The van der Waals surface area contributed by atoms with E-state index in [0.29, 0.717) is 11.1 Å². The number of benzene rings is 1. The number of carbonyl (C=O) groups is 2. The fraction of sp³-hybridized carbons (Fsp3) is 0.333. The van der Waals surface area contributed by atoms with E-state index in [-0.39, 0.29) is 11.1 Å². The van der Waals surface area contributed by atoms with E-state index in [2.05, 4.69) is 0 Å². The maximum Gasteiger partial charge on any atom is 0.405 e. The Morgan fingerprint density at radius 2 is 1.63 bits per heavy atom. The Kier molecular flexibility index (Phi) is 4.18.